The van der Waals surface area contributed by atoms with Gasteiger partial charge >= 0.3 is 11.9 Å². The van der Waals surface area contributed by atoms with Crippen molar-refractivity contribution in [2.24, 2.45) is 0 Å². The summed E-state index contributed by atoms with van der Waals surface area (Å²) in [5, 5.41) is 12.7. The number of carboxylic acids is 1. The molecule has 0 fully saturated rings. The van der Waals surface area contributed by atoms with Crippen LogP contribution in [0.3, 0.4) is 0 Å². The summed E-state index contributed by atoms with van der Waals surface area (Å²) in [4.78, 5) is 55.0. The molecule has 0 bridgehead atoms. The molecule has 0 spiro atoms. The van der Waals surface area contributed by atoms with Crippen molar-refractivity contribution in [3.05, 3.63) is 153 Å². The minimum absolute atomic E-state index is 0.423. The molecule has 2 atom stereocenters. The summed E-state index contributed by atoms with van der Waals surface area (Å²) in [7, 11) is 5.69. The monoisotopic (exact) mass is 1170 g/mol. The van der Waals surface area contributed by atoms with E-state index in [-0.39, 0.29) is 0 Å². The van der Waals surface area contributed by atoms with Crippen LogP contribution in [0, 0.1) is 41.5 Å². The van der Waals surface area contributed by atoms with Crippen molar-refractivity contribution in [1.82, 2.24) is 38.9 Å². The normalized spacial score (nSPS) is 16.4. The molecule has 4 aromatic heterocycles. The first-order valence-electron chi connectivity index (χ1n) is 30.5. The lowest BCUT2D eigenvalue weighted by molar-refractivity contribution is -0.164. The Hall–Kier alpha value is -8.02. The van der Waals surface area contributed by atoms with Crippen LogP contribution in [0.5, 0.6) is 0 Å². The maximum absolute atomic E-state index is 13.6. The molecular formula is C71H84N10O6. The standard InChI is InChI=1S/C36H43N5O3.C35H41N5O3/c1-22-9-11-26(12-10-22)30-28-19-23(2)40-17-18-41(35-37-20-27(21-38-35)25-13-15-39(7)16-14-25)31(32(28)40)24(3)29(30)33(34(42)43-8)44-36(4,5)6;1-21-8-10-25(11-9-21)29-27-18-22(2)39-16-17-40(34-36-19-26(20-37-34)24-12-14-38(7)15-13-24)30(31(27)39)23(3)28(29)32(33(41)42)43-35(4,5)6/h9-13,19-21,33H,14-18H2,1-8H3;8-12,18-20,32H,13-17H2,1-7H3,(H,41,42)/t33-;32-/m00/s1. The maximum Gasteiger partial charge on any atom is 0.339 e. The molecule has 0 unspecified atom stereocenters. The van der Waals surface area contributed by atoms with E-state index in [9.17, 15) is 14.7 Å². The van der Waals surface area contributed by atoms with Gasteiger partial charge in [-0.3, -0.25) is 0 Å². The molecule has 12 rings (SSSR count). The first-order chi connectivity index (χ1) is 41.4. The van der Waals surface area contributed by atoms with Crippen LogP contribution >= 0.6 is 0 Å². The molecule has 16 nitrogen and oxygen atoms in total. The lowest BCUT2D eigenvalue weighted by atomic mass is 9.87. The van der Waals surface area contributed by atoms with Gasteiger partial charge in [-0.15, -0.1) is 0 Å². The van der Waals surface area contributed by atoms with E-state index in [0.29, 0.717) is 30.5 Å². The van der Waals surface area contributed by atoms with Crippen LogP contribution in [0.15, 0.2) is 97.6 Å². The number of aryl methyl sites for hydroxylation is 4. The molecule has 8 heterocycles. The van der Waals surface area contributed by atoms with Gasteiger partial charge in [-0.05, 0) is 167 Å². The van der Waals surface area contributed by atoms with Gasteiger partial charge in [0.1, 0.15) is 0 Å². The van der Waals surface area contributed by atoms with Crippen molar-refractivity contribution in [3.63, 3.8) is 0 Å². The van der Waals surface area contributed by atoms with E-state index < -0.39 is 35.3 Å². The van der Waals surface area contributed by atoms with Gasteiger partial charge in [0.2, 0.25) is 11.9 Å². The molecular weight excluding hydrogens is 1090 g/mol. The Morgan fingerprint density at radius 2 is 0.908 bits per heavy atom. The molecule has 0 saturated carbocycles. The predicted octanol–water partition coefficient (Wildman–Crippen LogP) is 13.8. The third kappa shape index (κ3) is 12.0. The largest absolute Gasteiger partial charge is 0.479 e. The molecule has 0 aliphatic carbocycles. The van der Waals surface area contributed by atoms with E-state index in [1.54, 1.807) is 0 Å². The summed E-state index contributed by atoms with van der Waals surface area (Å²) >= 11 is 0. The fourth-order valence-corrected chi connectivity index (χ4v) is 13.1. The van der Waals surface area contributed by atoms with Crippen molar-refractivity contribution >= 4 is 68.2 Å². The summed E-state index contributed by atoms with van der Waals surface area (Å²) in [6, 6.07) is 21.2. The van der Waals surface area contributed by atoms with Gasteiger partial charge in [0.15, 0.2) is 12.2 Å². The van der Waals surface area contributed by atoms with Gasteiger partial charge in [-0.1, -0.05) is 71.8 Å². The summed E-state index contributed by atoms with van der Waals surface area (Å²) in [6.45, 7) is 31.0. The first-order valence-corrected chi connectivity index (χ1v) is 30.5. The van der Waals surface area contributed by atoms with Crippen molar-refractivity contribution in [2.45, 2.75) is 132 Å². The number of carbonyl (C=O) groups excluding carboxylic acids is 1. The predicted molar refractivity (Wildman–Crippen MR) is 348 cm³/mol. The number of hydrogen-bond acceptors (Lipinski definition) is 13. The molecule has 454 valence electrons. The molecule has 0 saturated heterocycles. The fourth-order valence-electron chi connectivity index (χ4n) is 13.1. The number of ether oxygens (including phenoxy) is 3. The molecule has 87 heavy (non-hydrogen) atoms. The zero-order valence-corrected chi connectivity index (χ0v) is 53.4. The second kappa shape index (κ2) is 23.9. The molecule has 0 radical (unpaired) electrons. The Kier molecular flexibility index (Phi) is 16.7. The number of methoxy groups -OCH3 is 1. The SMILES string of the molecule is COC(=O)[C@@H](OC(C)(C)C)c1c(C)c2c3c(cc(C)n3CCN2c2ncc(C3=CCN(C)CC3)cn2)c1-c1ccc(C)cc1.Cc1ccc(-c2c([C@H](OC(C)(C)C)C(=O)O)c(C)c3c4c2cc(C)n4CCN3c2ncc(C3=CCN(C)CC3)cn2)cc1. The van der Waals surface area contributed by atoms with E-state index >= 15 is 0 Å². The number of carboxylic acid groups (broad SMARTS) is 1. The number of hydrogen-bond donors (Lipinski definition) is 1. The van der Waals surface area contributed by atoms with Crippen molar-refractivity contribution < 1.29 is 28.9 Å². The van der Waals surface area contributed by atoms with Gasteiger partial charge in [0, 0.05) is 122 Å². The Bertz CT molecular complexity index is 4000. The third-order valence-electron chi connectivity index (χ3n) is 17.4. The lowest BCUT2D eigenvalue weighted by Crippen LogP contribution is -2.32. The van der Waals surface area contributed by atoms with Crippen molar-refractivity contribution in [3.8, 4) is 22.3 Å². The molecule has 16 heteroatoms. The Balaban J connectivity index is 0.000000180. The number of nitrogens with zero attached hydrogens (tertiary/aromatic N) is 10. The highest BCUT2D eigenvalue weighted by molar-refractivity contribution is 6.10. The van der Waals surface area contributed by atoms with Crippen molar-refractivity contribution in [2.75, 3.05) is 70.3 Å². The number of anilines is 4. The number of benzene rings is 4. The summed E-state index contributed by atoms with van der Waals surface area (Å²) in [5.74, 6) is -0.168. The second-order valence-corrected chi connectivity index (χ2v) is 26.1. The van der Waals surface area contributed by atoms with Gasteiger partial charge in [0.05, 0.1) is 40.7 Å². The molecule has 4 aliphatic heterocycles. The van der Waals surface area contributed by atoms with E-state index in [4.69, 9.17) is 34.1 Å². The zero-order chi connectivity index (χ0) is 62.0. The van der Waals surface area contributed by atoms with Crippen LogP contribution in [0.1, 0.15) is 122 Å². The smallest absolute Gasteiger partial charge is 0.339 e. The van der Waals surface area contributed by atoms with E-state index in [1.807, 2.05) is 73.3 Å². The molecule has 4 aromatic carbocycles. The molecule has 0 amide bonds. The van der Waals surface area contributed by atoms with E-state index in [1.165, 1.54) is 29.5 Å². The van der Waals surface area contributed by atoms with Crippen LogP contribution in [0.2, 0.25) is 0 Å². The summed E-state index contributed by atoms with van der Waals surface area (Å²) in [5.41, 5.74) is 19.4. The lowest BCUT2D eigenvalue weighted by Gasteiger charge is -2.35. The zero-order valence-electron chi connectivity index (χ0n) is 53.4. The number of esters is 1. The van der Waals surface area contributed by atoms with Crippen LogP contribution in [-0.2, 0) is 36.9 Å². The minimum Gasteiger partial charge on any atom is -0.479 e. The van der Waals surface area contributed by atoms with Crippen LogP contribution < -0.4 is 9.80 Å². The van der Waals surface area contributed by atoms with Gasteiger partial charge in [-0.2, -0.15) is 0 Å². The Morgan fingerprint density at radius 3 is 1.25 bits per heavy atom. The van der Waals surface area contributed by atoms with Gasteiger partial charge in [-0.25, -0.2) is 29.5 Å². The highest BCUT2D eigenvalue weighted by Gasteiger charge is 2.39. The number of rotatable bonds is 12. The maximum atomic E-state index is 13.6. The summed E-state index contributed by atoms with van der Waals surface area (Å²) in [6.07, 6.45) is 12.1. The molecule has 4 aliphatic rings. The highest BCUT2D eigenvalue weighted by Crippen LogP contribution is 2.51. The minimum atomic E-state index is -1.16. The number of aliphatic carboxylic acids is 1. The van der Waals surface area contributed by atoms with Gasteiger partial charge in [0.25, 0.3) is 0 Å². The van der Waals surface area contributed by atoms with Crippen molar-refractivity contribution in [1.29, 1.82) is 0 Å². The number of carbonyl (C=O) groups is 2. The quantitative estimate of drug-likeness (QED) is 0.115. The van der Waals surface area contributed by atoms with Crippen LogP contribution in [0.4, 0.5) is 23.3 Å². The average molecular weight is 1170 g/mol. The van der Waals surface area contributed by atoms with E-state index in [0.717, 1.165) is 147 Å². The number of likely N-dealkylation sites (N-methyl/N-ethyl adjacent to an activating group) is 2. The molecule has 1 N–H and O–H groups in total. The second-order valence-electron chi connectivity index (χ2n) is 26.1. The van der Waals surface area contributed by atoms with Gasteiger partial charge < -0.3 is 48.1 Å². The number of aromatic nitrogens is 6. The fraction of sp³-hybridized carbons (Fsp3) is 0.408. The van der Waals surface area contributed by atoms with Crippen LogP contribution in [0.25, 0.3) is 55.2 Å². The Morgan fingerprint density at radius 1 is 0.529 bits per heavy atom. The highest BCUT2D eigenvalue weighted by atomic mass is 16.6. The molecule has 8 aromatic rings. The van der Waals surface area contributed by atoms with E-state index in [2.05, 4.69) is 150 Å². The topological polar surface area (TPSA) is 156 Å². The third-order valence-corrected chi connectivity index (χ3v) is 17.4. The summed E-state index contributed by atoms with van der Waals surface area (Å²) < 4.78 is 23.0. The average Bonchev–Trinajstić information content (AvgIpc) is 1.69. The van der Waals surface area contributed by atoms with Crippen LogP contribution in [-0.4, -0.2) is 128 Å². The Labute approximate surface area is 512 Å². The first kappa shape index (κ1) is 60.7.